The van der Waals surface area contributed by atoms with Gasteiger partial charge in [0.2, 0.25) is 11.8 Å². The maximum Gasteiger partial charge on any atom is 0.334 e. The van der Waals surface area contributed by atoms with E-state index in [1.165, 1.54) is 17.1 Å². The summed E-state index contributed by atoms with van der Waals surface area (Å²) in [7, 11) is 1.70. The number of nitrogens with zero attached hydrogens (tertiary/aromatic N) is 4. The Hall–Kier alpha value is -3.46. The fraction of sp³-hybridized carbons (Fsp3) is 0.423. The highest BCUT2D eigenvalue weighted by atomic mass is 19.1. The van der Waals surface area contributed by atoms with Gasteiger partial charge in [0.15, 0.2) is 0 Å². The zero-order valence-electron chi connectivity index (χ0n) is 20.2. The first-order chi connectivity index (χ1) is 16.9. The minimum Gasteiger partial charge on any atom is -0.337 e. The van der Waals surface area contributed by atoms with Crippen LogP contribution in [-0.2, 0) is 22.6 Å². The number of hydrogen-bond acceptors (Lipinski definition) is 4. The van der Waals surface area contributed by atoms with E-state index in [0.717, 1.165) is 24.0 Å². The Bertz CT molecular complexity index is 1050. The van der Waals surface area contributed by atoms with Crippen LogP contribution in [0.5, 0.6) is 0 Å². The summed E-state index contributed by atoms with van der Waals surface area (Å²) in [6, 6.07) is 14.5. The van der Waals surface area contributed by atoms with E-state index in [1.54, 1.807) is 34.0 Å². The van der Waals surface area contributed by atoms with E-state index < -0.39 is 12.2 Å². The first kappa shape index (κ1) is 24.7. The zero-order chi connectivity index (χ0) is 24.9. The van der Waals surface area contributed by atoms with Crippen molar-refractivity contribution in [3.8, 4) is 0 Å². The number of carbonyl (C=O) groups excluding carboxylic acids is 3. The minimum atomic E-state index is -0.679. The molecule has 0 aliphatic carbocycles. The maximum atomic E-state index is 13.5. The van der Waals surface area contributed by atoms with Gasteiger partial charge in [-0.25, -0.2) is 19.2 Å². The highest BCUT2D eigenvalue weighted by molar-refractivity contribution is 5.91. The Kier molecular flexibility index (Phi) is 7.65. The third kappa shape index (κ3) is 5.45. The molecule has 8 nitrogen and oxygen atoms in total. The normalized spacial score (nSPS) is 20.7. The summed E-state index contributed by atoms with van der Waals surface area (Å²) in [5.74, 6) is -0.596. The standard InChI is InChI=1S/C26H32FN5O3/c1-3-4-14-30-17-23-31(22(25(30)34)15-19-8-6-5-7-9-19)24(33)18-29(2)32(23)26(35)28-16-20-10-12-21(27)13-11-20/h5-13,22-23H,3-4,14-18H2,1-2H3,(H,28,35)/t22-,23?/m0/s1. The fourth-order valence-corrected chi connectivity index (χ4v) is 4.75. The van der Waals surface area contributed by atoms with Gasteiger partial charge in [-0.1, -0.05) is 55.8 Å². The molecule has 2 aromatic rings. The average molecular weight is 482 g/mol. The number of benzene rings is 2. The van der Waals surface area contributed by atoms with Crippen LogP contribution in [-0.4, -0.2) is 76.6 Å². The van der Waals surface area contributed by atoms with Crippen LogP contribution in [0.2, 0.25) is 0 Å². The SMILES string of the molecule is CCCCN1CC2N(C(=O)CN(C)N2C(=O)NCc2ccc(F)cc2)[C@@H](Cc2ccccc2)C1=O. The van der Waals surface area contributed by atoms with E-state index in [2.05, 4.69) is 12.2 Å². The summed E-state index contributed by atoms with van der Waals surface area (Å²) in [6.45, 7) is 3.11. The number of piperazine rings is 1. The van der Waals surface area contributed by atoms with Gasteiger partial charge >= 0.3 is 6.03 Å². The second kappa shape index (κ2) is 10.9. The van der Waals surface area contributed by atoms with Crippen LogP contribution in [0.1, 0.15) is 30.9 Å². The zero-order valence-corrected chi connectivity index (χ0v) is 20.2. The van der Waals surface area contributed by atoms with Gasteiger partial charge < -0.3 is 15.1 Å². The van der Waals surface area contributed by atoms with Gasteiger partial charge in [-0.15, -0.1) is 0 Å². The molecule has 1 N–H and O–H groups in total. The molecule has 2 aliphatic rings. The smallest absolute Gasteiger partial charge is 0.334 e. The summed E-state index contributed by atoms with van der Waals surface area (Å²) >= 11 is 0. The van der Waals surface area contributed by atoms with Crippen LogP contribution in [0, 0.1) is 5.82 Å². The summed E-state index contributed by atoms with van der Waals surface area (Å²) < 4.78 is 13.2. The molecule has 186 valence electrons. The Morgan fingerprint density at radius 2 is 1.77 bits per heavy atom. The predicted octanol–water partition coefficient (Wildman–Crippen LogP) is 2.61. The molecule has 2 heterocycles. The molecule has 0 aromatic heterocycles. The van der Waals surface area contributed by atoms with Gasteiger partial charge in [-0.2, -0.15) is 0 Å². The third-order valence-electron chi connectivity index (χ3n) is 6.56. The molecule has 2 atom stereocenters. The van der Waals surface area contributed by atoms with Crippen LogP contribution in [0.25, 0.3) is 0 Å². The first-order valence-corrected chi connectivity index (χ1v) is 12.1. The highest BCUT2D eigenvalue weighted by Crippen LogP contribution is 2.28. The number of rotatable bonds is 7. The molecule has 4 rings (SSSR count). The number of fused-ring (bicyclic) bond motifs is 1. The topological polar surface area (TPSA) is 76.2 Å². The first-order valence-electron chi connectivity index (χ1n) is 12.1. The molecule has 2 aromatic carbocycles. The van der Waals surface area contributed by atoms with Gasteiger partial charge in [0.25, 0.3) is 0 Å². The quantitative estimate of drug-likeness (QED) is 0.660. The second-order valence-corrected chi connectivity index (χ2v) is 9.07. The number of hydrogen-bond donors (Lipinski definition) is 1. The lowest BCUT2D eigenvalue weighted by atomic mass is 9.98. The van der Waals surface area contributed by atoms with Gasteiger partial charge in [-0.05, 0) is 29.7 Å². The molecule has 2 saturated heterocycles. The van der Waals surface area contributed by atoms with Crippen molar-refractivity contribution >= 4 is 17.8 Å². The van der Waals surface area contributed by atoms with E-state index in [0.29, 0.717) is 13.0 Å². The van der Waals surface area contributed by atoms with Crippen LogP contribution in [0.4, 0.5) is 9.18 Å². The minimum absolute atomic E-state index is 0.00595. The van der Waals surface area contributed by atoms with E-state index in [4.69, 9.17) is 0 Å². The molecular formula is C26H32FN5O3. The van der Waals surface area contributed by atoms with Crippen molar-refractivity contribution in [2.75, 3.05) is 26.7 Å². The van der Waals surface area contributed by atoms with Crippen molar-refractivity contribution in [3.63, 3.8) is 0 Å². The maximum absolute atomic E-state index is 13.5. The number of nitrogens with one attached hydrogen (secondary N) is 1. The van der Waals surface area contributed by atoms with Crippen LogP contribution >= 0.6 is 0 Å². The van der Waals surface area contributed by atoms with Crippen molar-refractivity contribution in [2.24, 2.45) is 0 Å². The number of hydrazine groups is 1. The lowest BCUT2D eigenvalue weighted by Gasteiger charge is -2.54. The number of likely N-dealkylation sites (N-methyl/N-ethyl adjacent to an activating group) is 1. The van der Waals surface area contributed by atoms with Gasteiger partial charge in [0, 0.05) is 26.6 Å². The summed E-state index contributed by atoms with van der Waals surface area (Å²) in [5.41, 5.74) is 1.72. The third-order valence-corrected chi connectivity index (χ3v) is 6.56. The number of halogens is 1. The molecule has 2 aliphatic heterocycles. The lowest BCUT2D eigenvalue weighted by Crippen LogP contribution is -2.76. The monoisotopic (exact) mass is 481 g/mol. The molecular weight excluding hydrogens is 449 g/mol. The number of carbonyl (C=O) groups is 3. The number of urea groups is 1. The molecule has 35 heavy (non-hydrogen) atoms. The van der Waals surface area contributed by atoms with E-state index in [1.807, 2.05) is 30.3 Å². The van der Waals surface area contributed by atoms with E-state index in [-0.39, 0.29) is 43.3 Å². The number of amides is 4. The predicted molar refractivity (Wildman–Crippen MR) is 129 cm³/mol. The number of unbranched alkanes of at least 4 members (excludes halogenated alkanes) is 1. The van der Waals surface area contributed by atoms with Gasteiger partial charge in [0.05, 0.1) is 13.1 Å². The van der Waals surface area contributed by atoms with Crippen molar-refractivity contribution in [3.05, 3.63) is 71.5 Å². The van der Waals surface area contributed by atoms with E-state index >= 15 is 0 Å². The second-order valence-electron chi connectivity index (χ2n) is 9.07. The molecule has 0 spiro atoms. The van der Waals surface area contributed by atoms with Crippen molar-refractivity contribution in [2.45, 2.75) is 44.9 Å². The molecule has 1 unspecified atom stereocenters. The Labute approximate surface area is 205 Å². The summed E-state index contributed by atoms with van der Waals surface area (Å²) in [6.07, 6.45) is 1.55. The van der Waals surface area contributed by atoms with Gasteiger partial charge in [-0.3, -0.25) is 9.59 Å². The highest BCUT2D eigenvalue weighted by Gasteiger charge is 2.50. The lowest BCUT2D eigenvalue weighted by molar-refractivity contribution is -0.186. The molecule has 2 fully saturated rings. The average Bonchev–Trinajstić information content (AvgIpc) is 2.85. The van der Waals surface area contributed by atoms with Crippen LogP contribution in [0.3, 0.4) is 0 Å². The van der Waals surface area contributed by atoms with Gasteiger partial charge in [0.1, 0.15) is 18.0 Å². The summed E-state index contributed by atoms with van der Waals surface area (Å²) in [5, 5.41) is 6.03. The molecule has 0 saturated carbocycles. The molecule has 9 heteroatoms. The Morgan fingerprint density at radius 3 is 2.46 bits per heavy atom. The van der Waals surface area contributed by atoms with Crippen molar-refractivity contribution in [1.82, 2.24) is 25.1 Å². The van der Waals surface area contributed by atoms with Crippen molar-refractivity contribution < 1.29 is 18.8 Å². The van der Waals surface area contributed by atoms with E-state index in [9.17, 15) is 18.8 Å². The largest absolute Gasteiger partial charge is 0.337 e. The van der Waals surface area contributed by atoms with Crippen molar-refractivity contribution in [1.29, 1.82) is 0 Å². The molecule has 0 bridgehead atoms. The summed E-state index contributed by atoms with van der Waals surface area (Å²) in [4.78, 5) is 43.4. The van der Waals surface area contributed by atoms with Crippen LogP contribution in [0.15, 0.2) is 54.6 Å². The fourth-order valence-electron chi connectivity index (χ4n) is 4.75. The van der Waals surface area contributed by atoms with Crippen LogP contribution < -0.4 is 5.32 Å². The Balaban J connectivity index is 1.59. The molecule has 4 amide bonds. The Morgan fingerprint density at radius 1 is 1.06 bits per heavy atom. The molecule has 0 radical (unpaired) electrons.